The van der Waals surface area contributed by atoms with E-state index in [1.165, 1.54) is 17.2 Å². The Balaban J connectivity index is 1.35. The van der Waals surface area contributed by atoms with E-state index in [-0.39, 0.29) is 11.7 Å². The second-order valence-corrected chi connectivity index (χ2v) is 8.01. The molecule has 2 heterocycles. The number of guanidine groups is 1. The van der Waals surface area contributed by atoms with Crippen LogP contribution in [0.5, 0.6) is 0 Å². The lowest BCUT2D eigenvalue weighted by Crippen LogP contribution is -2.52. The summed E-state index contributed by atoms with van der Waals surface area (Å²) < 4.78 is 14.1. The van der Waals surface area contributed by atoms with E-state index in [1.54, 1.807) is 13.1 Å². The minimum Gasteiger partial charge on any atom is -0.366 e. The molecule has 7 heteroatoms. The molecule has 0 atom stereocenters. The lowest BCUT2D eigenvalue weighted by molar-refractivity contribution is -0.128. The number of benzene rings is 2. The fourth-order valence-electron chi connectivity index (χ4n) is 4.33. The number of hydrogen-bond acceptors (Lipinski definition) is 3. The average molecular weight is 424 g/mol. The molecule has 0 radical (unpaired) electrons. The molecule has 0 unspecified atom stereocenters. The quantitative estimate of drug-likeness (QED) is 0.594. The largest absolute Gasteiger partial charge is 0.366 e. The topological polar surface area (TPSA) is 51.2 Å². The van der Waals surface area contributed by atoms with Gasteiger partial charge in [0.15, 0.2) is 5.96 Å². The Bertz CT molecular complexity index is 939. The number of halogens is 1. The SMILES string of the molecule is CN=C(NCc1ccccc1CN1CCCC1=O)N1CCN(c2ccccc2F)CC1. The number of anilines is 1. The van der Waals surface area contributed by atoms with E-state index in [1.807, 2.05) is 29.2 Å². The molecule has 31 heavy (non-hydrogen) atoms. The molecule has 0 aromatic heterocycles. The zero-order valence-electron chi connectivity index (χ0n) is 18.1. The standard InChI is InChI=1S/C24H30FN5O/c1-26-24(29-15-13-28(14-16-29)22-10-5-4-9-21(22)25)27-17-19-7-2-3-8-20(19)18-30-12-6-11-23(30)31/h2-5,7-10H,6,11-18H2,1H3,(H,26,27). The van der Waals surface area contributed by atoms with Crippen LogP contribution in [0.15, 0.2) is 53.5 Å². The Hall–Kier alpha value is -3.09. The Kier molecular flexibility index (Phi) is 6.70. The van der Waals surface area contributed by atoms with Gasteiger partial charge in [0.05, 0.1) is 5.69 Å². The third-order valence-electron chi connectivity index (χ3n) is 6.07. The van der Waals surface area contributed by atoms with Crippen LogP contribution >= 0.6 is 0 Å². The summed E-state index contributed by atoms with van der Waals surface area (Å²) in [6, 6.07) is 15.2. The van der Waals surface area contributed by atoms with Gasteiger partial charge in [-0.2, -0.15) is 0 Å². The third kappa shape index (κ3) is 4.98. The lowest BCUT2D eigenvalue weighted by Gasteiger charge is -2.37. The first kappa shape index (κ1) is 21.2. The normalized spacial score (nSPS) is 17.4. The van der Waals surface area contributed by atoms with Crippen LogP contribution in [0.3, 0.4) is 0 Å². The molecule has 0 spiro atoms. The minimum absolute atomic E-state index is 0.174. The maximum atomic E-state index is 14.1. The van der Waals surface area contributed by atoms with Crippen molar-refractivity contribution in [3.05, 3.63) is 65.5 Å². The maximum Gasteiger partial charge on any atom is 0.222 e. The Morgan fingerprint density at radius 2 is 1.71 bits per heavy atom. The van der Waals surface area contributed by atoms with Crippen molar-refractivity contribution in [1.29, 1.82) is 0 Å². The Morgan fingerprint density at radius 3 is 2.39 bits per heavy atom. The van der Waals surface area contributed by atoms with Gasteiger partial charge < -0.3 is 20.0 Å². The van der Waals surface area contributed by atoms with Crippen molar-refractivity contribution in [3.8, 4) is 0 Å². The zero-order chi connectivity index (χ0) is 21.6. The van der Waals surface area contributed by atoms with Crippen LogP contribution in [0.25, 0.3) is 0 Å². The molecule has 2 aliphatic heterocycles. The van der Waals surface area contributed by atoms with Crippen LogP contribution < -0.4 is 10.2 Å². The summed E-state index contributed by atoms with van der Waals surface area (Å²) in [5.41, 5.74) is 3.01. The Labute approximate surface area is 183 Å². The smallest absolute Gasteiger partial charge is 0.222 e. The minimum atomic E-state index is -0.174. The molecule has 2 saturated heterocycles. The van der Waals surface area contributed by atoms with Gasteiger partial charge in [0.1, 0.15) is 5.82 Å². The summed E-state index contributed by atoms with van der Waals surface area (Å²) >= 11 is 0. The van der Waals surface area contributed by atoms with Crippen molar-refractivity contribution >= 4 is 17.6 Å². The van der Waals surface area contributed by atoms with Gasteiger partial charge in [-0.15, -0.1) is 0 Å². The van der Waals surface area contributed by atoms with Crippen molar-refractivity contribution in [3.63, 3.8) is 0 Å². The number of likely N-dealkylation sites (tertiary alicyclic amines) is 1. The van der Waals surface area contributed by atoms with Gasteiger partial charge in [-0.25, -0.2) is 4.39 Å². The molecule has 2 aliphatic rings. The zero-order valence-corrected chi connectivity index (χ0v) is 18.1. The second kappa shape index (κ2) is 9.81. The van der Waals surface area contributed by atoms with E-state index in [2.05, 4.69) is 32.2 Å². The fraction of sp³-hybridized carbons (Fsp3) is 0.417. The number of aliphatic imine (C=N–C) groups is 1. The van der Waals surface area contributed by atoms with E-state index >= 15 is 0 Å². The van der Waals surface area contributed by atoms with Crippen LogP contribution in [0.4, 0.5) is 10.1 Å². The van der Waals surface area contributed by atoms with Gasteiger partial charge in [-0.3, -0.25) is 9.79 Å². The molecule has 0 bridgehead atoms. The molecule has 2 aromatic rings. The molecule has 1 amide bonds. The third-order valence-corrected chi connectivity index (χ3v) is 6.07. The molecular weight excluding hydrogens is 393 g/mol. The number of nitrogens with one attached hydrogen (secondary N) is 1. The number of carbonyl (C=O) groups is 1. The van der Waals surface area contributed by atoms with Gasteiger partial charge in [-0.1, -0.05) is 36.4 Å². The number of piperazine rings is 1. The molecule has 1 N–H and O–H groups in total. The van der Waals surface area contributed by atoms with E-state index in [9.17, 15) is 9.18 Å². The first-order chi connectivity index (χ1) is 15.2. The van der Waals surface area contributed by atoms with Gasteiger partial charge in [0, 0.05) is 59.3 Å². The molecule has 164 valence electrons. The van der Waals surface area contributed by atoms with Crippen molar-refractivity contribution in [2.24, 2.45) is 4.99 Å². The maximum absolute atomic E-state index is 14.1. The highest BCUT2D eigenvalue weighted by molar-refractivity contribution is 5.80. The first-order valence-electron chi connectivity index (χ1n) is 11.0. The number of amides is 1. The van der Waals surface area contributed by atoms with Gasteiger partial charge in [-0.05, 0) is 29.7 Å². The first-order valence-corrected chi connectivity index (χ1v) is 11.0. The summed E-state index contributed by atoms with van der Waals surface area (Å²) in [5, 5.41) is 3.48. The summed E-state index contributed by atoms with van der Waals surface area (Å²) in [4.78, 5) is 22.7. The van der Waals surface area contributed by atoms with Crippen LogP contribution in [0.1, 0.15) is 24.0 Å². The number of nitrogens with zero attached hydrogens (tertiary/aromatic N) is 4. The van der Waals surface area contributed by atoms with Gasteiger partial charge in [0.25, 0.3) is 0 Å². The number of carbonyl (C=O) groups excluding carboxylic acids is 1. The molecule has 0 aliphatic carbocycles. The molecular formula is C24H30FN5O. The van der Waals surface area contributed by atoms with E-state index in [0.29, 0.717) is 25.2 Å². The lowest BCUT2D eigenvalue weighted by atomic mass is 10.1. The molecule has 6 nitrogen and oxygen atoms in total. The van der Waals surface area contributed by atoms with E-state index in [4.69, 9.17) is 0 Å². The van der Waals surface area contributed by atoms with Crippen molar-refractivity contribution in [2.75, 3.05) is 44.7 Å². The monoisotopic (exact) mass is 423 g/mol. The number of para-hydroxylation sites is 1. The second-order valence-electron chi connectivity index (χ2n) is 8.01. The molecule has 0 saturated carbocycles. The summed E-state index contributed by atoms with van der Waals surface area (Å²) in [5.74, 6) is 0.915. The van der Waals surface area contributed by atoms with Crippen LogP contribution in [0, 0.1) is 5.82 Å². The van der Waals surface area contributed by atoms with E-state index in [0.717, 1.165) is 45.1 Å². The number of rotatable bonds is 5. The van der Waals surface area contributed by atoms with Crippen molar-refractivity contribution < 1.29 is 9.18 Å². The van der Waals surface area contributed by atoms with Crippen molar-refractivity contribution in [1.82, 2.24) is 15.1 Å². The van der Waals surface area contributed by atoms with Crippen LogP contribution in [-0.4, -0.2) is 61.4 Å². The highest BCUT2D eigenvalue weighted by Gasteiger charge is 2.23. The molecule has 2 aromatic carbocycles. The summed E-state index contributed by atoms with van der Waals surface area (Å²) in [6.45, 7) is 5.20. The predicted molar refractivity (Wildman–Crippen MR) is 121 cm³/mol. The summed E-state index contributed by atoms with van der Waals surface area (Å²) in [6.07, 6.45) is 1.61. The van der Waals surface area contributed by atoms with Crippen LogP contribution in [-0.2, 0) is 17.9 Å². The summed E-state index contributed by atoms with van der Waals surface area (Å²) in [7, 11) is 1.79. The highest BCUT2D eigenvalue weighted by Crippen LogP contribution is 2.20. The average Bonchev–Trinajstić information content (AvgIpc) is 3.20. The van der Waals surface area contributed by atoms with Gasteiger partial charge >= 0.3 is 0 Å². The van der Waals surface area contributed by atoms with Gasteiger partial charge in [0.2, 0.25) is 5.91 Å². The molecule has 2 fully saturated rings. The van der Waals surface area contributed by atoms with Crippen molar-refractivity contribution in [2.45, 2.75) is 25.9 Å². The predicted octanol–water partition coefficient (Wildman–Crippen LogP) is 2.85. The highest BCUT2D eigenvalue weighted by atomic mass is 19.1. The fourth-order valence-corrected chi connectivity index (χ4v) is 4.33. The molecule has 4 rings (SSSR count). The Morgan fingerprint density at radius 1 is 1.00 bits per heavy atom. The van der Waals surface area contributed by atoms with E-state index < -0.39 is 0 Å². The van der Waals surface area contributed by atoms with Crippen LogP contribution in [0.2, 0.25) is 0 Å². The number of hydrogen-bond donors (Lipinski definition) is 1.